The Labute approximate surface area is 143 Å². The predicted molar refractivity (Wildman–Crippen MR) is 91.4 cm³/mol. The summed E-state index contributed by atoms with van der Waals surface area (Å²) in [5.74, 6) is 0.673. The van der Waals surface area contributed by atoms with E-state index in [9.17, 15) is 9.59 Å². The van der Waals surface area contributed by atoms with Crippen LogP contribution in [0.2, 0.25) is 0 Å². The fourth-order valence-electron chi connectivity index (χ4n) is 3.44. The summed E-state index contributed by atoms with van der Waals surface area (Å²) in [5.41, 5.74) is 0.268. The van der Waals surface area contributed by atoms with Crippen LogP contribution in [0.5, 0.6) is 0 Å². The number of nitrogens with one attached hydrogen (secondary N) is 1. The second-order valence-corrected chi connectivity index (χ2v) is 6.46. The number of rotatable bonds is 8. The van der Waals surface area contributed by atoms with Gasteiger partial charge < -0.3 is 14.7 Å². The summed E-state index contributed by atoms with van der Waals surface area (Å²) >= 11 is 0. The van der Waals surface area contributed by atoms with Crippen molar-refractivity contribution in [2.24, 2.45) is 5.92 Å². The average Bonchev–Trinajstić information content (AvgIpc) is 3.26. The van der Waals surface area contributed by atoms with Gasteiger partial charge in [0, 0.05) is 24.6 Å². The molecule has 134 valence electrons. The van der Waals surface area contributed by atoms with Crippen molar-refractivity contribution in [1.82, 2.24) is 15.4 Å². The lowest BCUT2D eigenvalue weighted by atomic mass is 10.0. The minimum absolute atomic E-state index is 0.136. The van der Waals surface area contributed by atoms with Gasteiger partial charge in [-0.25, -0.2) is 0 Å². The van der Waals surface area contributed by atoms with E-state index in [1.54, 1.807) is 6.07 Å². The van der Waals surface area contributed by atoms with Crippen LogP contribution < -0.4 is 5.32 Å². The predicted octanol–water partition coefficient (Wildman–Crippen LogP) is 3.13. The maximum Gasteiger partial charge on any atom is 0.273 e. The first-order valence-corrected chi connectivity index (χ1v) is 9.14. The standard InChI is InChI=1S/C18H29N3O3/c1-4-14(5-2)21(18(23)13-9-7-8-10-13)12-15-11-16(20-24-15)17(22)19-6-3/h11,13-14H,4-10,12H2,1-3H3,(H,19,22). The lowest BCUT2D eigenvalue weighted by Gasteiger charge is -2.32. The van der Waals surface area contributed by atoms with Crippen LogP contribution in [0, 0.1) is 5.92 Å². The maximum absolute atomic E-state index is 12.9. The summed E-state index contributed by atoms with van der Waals surface area (Å²) in [6.07, 6.45) is 6.05. The zero-order valence-electron chi connectivity index (χ0n) is 15.0. The average molecular weight is 335 g/mol. The third-order valence-electron chi connectivity index (χ3n) is 4.83. The lowest BCUT2D eigenvalue weighted by Crippen LogP contribution is -2.42. The van der Waals surface area contributed by atoms with Gasteiger partial charge in [-0.2, -0.15) is 0 Å². The molecule has 0 atom stereocenters. The molecule has 0 unspecified atom stereocenters. The van der Waals surface area contributed by atoms with Crippen LogP contribution in [0.1, 0.15) is 75.5 Å². The molecule has 1 aromatic heterocycles. The quantitative estimate of drug-likeness (QED) is 0.792. The first-order chi connectivity index (χ1) is 11.6. The minimum atomic E-state index is -0.247. The molecular weight excluding hydrogens is 306 g/mol. The van der Waals surface area contributed by atoms with E-state index in [0.717, 1.165) is 38.5 Å². The number of amides is 2. The highest BCUT2D eigenvalue weighted by Gasteiger charge is 2.31. The van der Waals surface area contributed by atoms with Crippen LogP contribution in [0.25, 0.3) is 0 Å². The maximum atomic E-state index is 12.9. The van der Waals surface area contributed by atoms with E-state index in [2.05, 4.69) is 24.3 Å². The highest BCUT2D eigenvalue weighted by molar-refractivity contribution is 5.92. The van der Waals surface area contributed by atoms with E-state index in [0.29, 0.717) is 18.8 Å². The first-order valence-electron chi connectivity index (χ1n) is 9.14. The number of hydrogen-bond donors (Lipinski definition) is 1. The Bertz CT molecular complexity index is 545. The van der Waals surface area contributed by atoms with Crippen LogP contribution in [-0.2, 0) is 11.3 Å². The molecule has 24 heavy (non-hydrogen) atoms. The van der Waals surface area contributed by atoms with Crippen molar-refractivity contribution in [3.05, 3.63) is 17.5 Å². The number of carbonyl (C=O) groups excluding carboxylic acids is 2. The van der Waals surface area contributed by atoms with E-state index >= 15 is 0 Å². The van der Waals surface area contributed by atoms with Gasteiger partial charge in [-0.3, -0.25) is 9.59 Å². The molecule has 2 rings (SSSR count). The fraction of sp³-hybridized carbons (Fsp3) is 0.722. The highest BCUT2D eigenvalue weighted by atomic mass is 16.5. The molecule has 1 fully saturated rings. The molecule has 6 nitrogen and oxygen atoms in total. The zero-order valence-corrected chi connectivity index (χ0v) is 15.0. The summed E-state index contributed by atoms with van der Waals surface area (Å²) < 4.78 is 5.31. The van der Waals surface area contributed by atoms with E-state index in [-0.39, 0.29) is 29.5 Å². The van der Waals surface area contributed by atoms with Crippen LogP contribution in [-0.4, -0.2) is 34.5 Å². The largest absolute Gasteiger partial charge is 0.359 e. The Morgan fingerprint density at radius 2 is 1.96 bits per heavy atom. The Hall–Kier alpha value is -1.85. The third-order valence-corrected chi connectivity index (χ3v) is 4.83. The molecule has 0 aliphatic heterocycles. The highest BCUT2D eigenvalue weighted by Crippen LogP contribution is 2.29. The van der Waals surface area contributed by atoms with Crippen molar-refractivity contribution in [2.45, 2.75) is 71.9 Å². The van der Waals surface area contributed by atoms with E-state index in [1.165, 1.54) is 0 Å². The Morgan fingerprint density at radius 3 is 2.54 bits per heavy atom. The molecule has 0 spiro atoms. The van der Waals surface area contributed by atoms with Gasteiger partial charge in [-0.15, -0.1) is 0 Å². The van der Waals surface area contributed by atoms with Gasteiger partial charge in [0.2, 0.25) is 5.91 Å². The Balaban J connectivity index is 2.12. The molecule has 0 aromatic carbocycles. The second-order valence-electron chi connectivity index (χ2n) is 6.46. The van der Waals surface area contributed by atoms with Crippen molar-refractivity contribution in [2.75, 3.05) is 6.54 Å². The topological polar surface area (TPSA) is 75.4 Å². The zero-order chi connectivity index (χ0) is 17.5. The molecule has 0 radical (unpaired) electrons. The van der Waals surface area contributed by atoms with Crippen molar-refractivity contribution in [1.29, 1.82) is 0 Å². The Morgan fingerprint density at radius 1 is 1.29 bits per heavy atom. The van der Waals surface area contributed by atoms with E-state index in [4.69, 9.17) is 4.52 Å². The molecule has 1 aliphatic rings. The van der Waals surface area contributed by atoms with Crippen molar-refractivity contribution >= 4 is 11.8 Å². The van der Waals surface area contributed by atoms with Gasteiger partial charge in [0.1, 0.15) is 0 Å². The molecule has 1 aromatic rings. The normalized spacial score (nSPS) is 15.0. The smallest absolute Gasteiger partial charge is 0.273 e. The molecule has 6 heteroatoms. The Kier molecular flexibility index (Phi) is 6.82. The van der Waals surface area contributed by atoms with Crippen LogP contribution in [0.4, 0.5) is 0 Å². The number of hydrogen-bond acceptors (Lipinski definition) is 4. The van der Waals surface area contributed by atoms with Crippen molar-refractivity contribution < 1.29 is 14.1 Å². The second kappa shape index (κ2) is 8.85. The van der Waals surface area contributed by atoms with Crippen LogP contribution in [0.15, 0.2) is 10.6 Å². The molecule has 0 bridgehead atoms. The van der Waals surface area contributed by atoms with Gasteiger partial charge >= 0.3 is 0 Å². The molecule has 1 heterocycles. The molecule has 1 aliphatic carbocycles. The van der Waals surface area contributed by atoms with Gasteiger partial charge in [0.25, 0.3) is 5.91 Å². The number of nitrogens with zero attached hydrogens (tertiary/aromatic N) is 2. The van der Waals surface area contributed by atoms with E-state index < -0.39 is 0 Å². The van der Waals surface area contributed by atoms with Gasteiger partial charge in [0.05, 0.1) is 6.54 Å². The number of carbonyl (C=O) groups is 2. The van der Waals surface area contributed by atoms with E-state index in [1.807, 2.05) is 11.8 Å². The summed E-state index contributed by atoms with van der Waals surface area (Å²) in [6, 6.07) is 1.83. The van der Waals surface area contributed by atoms with Crippen molar-refractivity contribution in [3.8, 4) is 0 Å². The lowest BCUT2D eigenvalue weighted by molar-refractivity contribution is -0.139. The molecule has 1 N–H and O–H groups in total. The number of aromatic nitrogens is 1. The minimum Gasteiger partial charge on any atom is -0.359 e. The van der Waals surface area contributed by atoms with Gasteiger partial charge in [-0.05, 0) is 32.6 Å². The monoisotopic (exact) mass is 335 g/mol. The first kappa shape index (κ1) is 18.5. The molecule has 2 amide bonds. The SMILES string of the molecule is CCNC(=O)c1cc(CN(C(=O)C2CCCC2)C(CC)CC)on1. The molecule has 0 saturated heterocycles. The fourth-order valence-corrected chi connectivity index (χ4v) is 3.44. The van der Waals surface area contributed by atoms with Crippen molar-refractivity contribution in [3.63, 3.8) is 0 Å². The summed E-state index contributed by atoms with van der Waals surface area (Å²) in [5, 5.41) is 6.53. The van der Waals surface area contributed by atoms with Crippen LogP contribution in [0.3, 0.4) is 0 Å². The summed E-state index contributed by atoms with van der Waals surface area (Å²) in [6.45, 7) is 6.98. The summed E-state index contributed by atoms with van der Waals surface area (Å²) in [4.78, 5) is 26.7. The third kappa shape index (κ3) is 4.36. The van der Waals surface area contributed by atoms with Gasteiger partial charge in [-0.1, -0.05) is 31.8 Å². The summed E-state index contributed by atoms with van der Waals surface area (Å²) in [7, 11) is 0. The van der Waals surface area contributed by atoms with Crippen LogP contribution >= 0.6 is 0 Å². The molecular formula is C18H29N3O3. The van der Waals surface area contributed by atoms with Gasteiger partial charge in [0.15, 0.2) is 11.5 Å². The molecule has 1 saturated carbocycles.